The van der Waals surface area contributed by atoms with Crippen LogP contribution in [0, 0.1) is 29.9 Å². The molecule has 0 bridgehead atoms. The van der Waals surface area contributed by atoms with E-state index in [1.165, 1.54) is 36.2 Å². The highest BCUT2D eigenvalue weighted by atomic mass is 35.5. The van der Waals surface area contributed by atoms with E-state index < -0.39 is 66.8 Å². The summed E-state index contributed by atoms with van der Waals surface area (Å²) in [5, 5.41) is 60.6. The zero-order valence-electron chi connectivity index (χ0n) is 22.3. The van der Waals surface area contributed by atoms with Crippen LogP contribution in [0.4, 0.5) is 14.5 Å². The summed E-state index contributed by atoms with van der Waals surface area (Å²) in [5.74, 6) is -2.41. The van der Waals surface area contributed by atoms with E-state index in [2.05, 4.69) is 10.3 Å². The summed E-state index contributed by atoms with van der Waals surface area (Å²) in [4.78, 5) is 15.4. The first-order chi connectivity index (χ1) is 20.0. The van der Waals surface area contributed by atoms with Gasteiger partial charge in [0.25, 0.3) is 5.91 Å². The number of aliphatic hydroxyl groups is 4. The number of hydrogen-bond acceptors (Lipinski definition) is 9. The second-order valence-electron chi connectivity index (χ2n) is 10.5. The van der Waals surface area contributed by atoms with Crippen molar-refractivity contribution in [2.75, 3.05) is 11.5 Å². The number of hydrogen-bond donors (Lipinski definition) is 4. The van der Waals surface area contributed by atoms with Gasteiger partial charge in [-0.1, -0.05) is 16.8 Å². The summed E-state index contributed by atoms with van der Waals surface area (Å²) < 4.78 is 35.1. The summed E-state index contributed by atoms with van der Waals surface area (Å²) in [5.41, 5.74) is 0.266. The molecule has 3 aromatic rings. The first kappa shape index (κ1) is 30.0. The van der Waals surface area contributed by atoms with Crippen LogP contribution in [0.5, 0.6) is 0 Å². The molecule has 2 aliphatic rings. The van der Waals surface area contributed by atoms with E-state index in [4.69, 9.17) is 16.3 Å². The Hall–Kier alpha value is -3.51. The third-order valence-corrected chi connectivity index (χ3v) is 8.05. The van der Waals surface area contributed by atoms with Crippen LogP contribution < -0.4 is 4.90 Å². The van der Waals surface area contributed by atoms with Gasteiger partial charge in [-0.2, -0.15) is 5.26 Å². The number of rotatable bonds is 6. The van der Waals surface area contributed by atoms with E-state index in [1.807, 2.05) is 6.07 Å². The Morgan fingerprint density at radius 2 is 1.88 bits per heavy atom. The van der Waals surface area contributed by atoms with Gasteiger partial charge in [0.15, 0.2) is 6.10 Å². The standard InChI is InChI=1S/C28H28ClF2N5O6/c1-13-18(30)7-15(8-19(13)31)20-11-35(34-33-20)24-25(39)23(12-37)42-27(26(24)40)28(41)36(21-3-2-4-22(21)38)17-6-14(10-32)5-16(29)9-17/h5-9,11,21-27,37-40H,2-4,12H2,1H3/t21-,22-,23?,24?,25?,26?,27?/m0/s1. The van der Waals surface area contributed by atoms with Crippen LogP contribution in [-0.2, 0) is 9.53 Å². The second-order valence-corrected chi connectivity index (χ2v) is 10.9. The first-order valence-electron chi connectivity index (χ1n) is 13.3. The molecule has 1 aliphatic carbocycles. The van der Waals surface area contributed by atoms with Gasteiger partial charge in [-0.15, -0.1) is 5.10 Å². The number of nitriles is 1. The minimum Gasteiger partial charge on any atom is -0.394 e. The summed E-state index contributed by atoms with van der Waals surface area (Å²) in [6, 6.07) is 6.27. The Balaban J connectivity index is 1.52. The zero-order chi connectivity index (χ0) is 30.3. The molecule has 11 nitrogen and oxygen atoms in total. The number of aliphatic hydroxyl groups excluding tert-OH is 4. The number of carbonyl (C=O) groups is 1. The Bertz CT molecular complexity index is 1510. The topological polar surface area (TPSA) is 165 Å². The van der Waals surface area contributed by atoms with Gasteiger partial charge in [0.1, 0.15) is 41.7 Å². The van der Waals surface area contributed by atoms with Crippen LogP contribution in [0.1, 0.15) is 36.4 Å². The fourth-order valence-electron chi connectivity index (χ4n) is 5.59. The van der Waals surface area contributed by atoms with E-state index in [9.17, 15) is 39.3 Å². The van der Waals surface area contributed by atoms with Crippen LogP contribution >= 0.6 is 11.6 Å². The Kier molecular flexibility index (Phi) is 8.56. The molecule has 222 valence electrons. The zero-order valence-corrected chi connectivity index (χ0v) is 23.1. The first-order valence-corrected chi connectivity index (χ1v) is 13.6. The molecular formula is C28H28ClF2N5O6. The maximum atomic E-state index is 14.2. The summed E-state index contributed by atoms with van der Waals surface area (Å²) >= 11 is 6.22. The lowest BCUT2D eigenvalue weighted by atomic mass is 9.91. The number of benzene rings is 2. The second kappa shape index (κ2) is 12.0. The SMILES string of the molecule is Cc1c(F)cc(-c2cn(C3C(O)C(CO)OC(C(=O)N(c4cc(Cl)cc(C#N)c4)[C@H]4CCC[C@@H]4O)C3O)nn2)cc1F. The van der Waals surface area contributed by atoms with Gasteiger partial charge in [0.2, 0.25) is 0 Å². The molecule has 7 atom stereocenters. The summed E-state index contributed by atoms with van der Waals surface area (Å²) in [6.07, 6.45) is -4.58. The number of carbonyl (C=O) groups excluding carboxylic acids is 1. The van der Waals surface area contributed by atoms with Gasteiger partial charge in [0.05, 0.1) is 36.6 Å². The van der Waals surface area contributed by atoms with Crippen LogP contribution in [0.25, 0.3) is 11.3 Å². The number of ether oxygens (including phenoxy) is 1. The summed E-state index contributed by atoms with van der Waals surface area (Å²) in [6.45, 7) is 0.552. The fourth-order valence-corrected chi connectivity index (χ4v) is 5.81. The predicted octanol–water partition coefficient (Wildman–Crippen LogP) is 2.03. The molecule has 1 aliphatic heterocycles. The van der Waals surface area contributed by atoms with Crippen LogP contribution in [0.2, 0.25) is 5.02 Å². The van der Waals surface area contributed by atoms with Gasteiger partial charge >= 0.3 is 0 Å². The quantitative estimate of drug-likeness (QED) is 0.330. The van der Waals surface area contributed by atoms with Crippen molar-refractivity contribution in [2.24, 2.45) is 0 Å². The van der Waals surface area contributed by atoms with Gasteiger partial charge in [-0.25, -0.2) is 13.5 Å². The molecule has 1 amide bonds. The third kappa shape index (κ3) is 5.49. The minimum atomic E-state index is -1.76. The van der Waals surface area contributed by atoms with Crippen molar-refractivity contribution in [3.05, 3.63) is 64.3 Å². The molecule has 42 heavy (non-hydrogen) atoms. The number of anilines is 1. The molecule has 4 N–H and O–H groups in total. The molecule has 1 saturated carbocycles. The van der Waals surface area contributed by atoms with Crippen molar-refractivity contribution in [1.82, 2.24) is 15.0 Å². The number of nitrogens with zero attached hydrogens (tertiary/aromatic N) is 5. The normalized spacial score (nSPS) is 27.5. The third-order valence-electron chi connectivity index (χ3n) is 7.83. The van der Waals surface area contributed by atoms with E-state index in [1.54, 1.807) is 0 Å². The molecule has 0 radical (unpaired) electrons. The van der Waals surface area contributed by atoms with Gasteiger partial charge in [0, 0.05) is 21.8 Å². The van der Waals surface area contributed by atoms with E-state index in [0.29, 0.717) is 19.3 Å². The average molecular weight is 604 g/mol. The Morgan fingerprint density at radius 3 is 2.50 bits per heavy atom. The molecule has 5 rings (SSSR count). The van der Waals surface area contributed by atoms with E-state index in [-0.39, 0.29) is 33.1 Å². The molecule has 1 saturated heterocycles. The molecular weight excluding hydrogens is 576 g/mol. The predicted molar refractivity (Wildman–Crippen MR) is 144 cm³/mol. The van der Waals surface area contributed by atoms with Crippen molar-refractivity contribution in [2.45, 2.75) is 68.8 Å². The number of amides is 1. The molecule has 2 aromatic carbocycles. The van der Waals surface area contributed by atoms with Crippen molar-refractivity contribution < 1.29 is 38.7 Å². The van der Waals surface area contributed by atoms with E-state index >= 15 is 0 Å². The highest BCUT2D eigenvalue weighted by molar-refractivity contribution is 6.31. The molecule has 14 heteroatoms. The van der Waals surface area contributed by atoms with Crippen LogP contribution in [0.15, 0.2) is 36.5 Å². The lowest BCUT2D eigenvalue weighted by Gasteiger charge is -2.43. The van der Waals surface area contributed by atoms with Gasteiger partial charge in [-0.05, 0) is 56.5 Å². The molecule has 5 unspecified atom stereocenters. The fraction of sp³-hybridized carbons (Fsp3) is 0.429. The van der Waals surface area contributed by atoms with Gasteiger partial charge in [-0.3, -0.25) is 4.79 Å². The maximum absolute atomic E-state index is 14.2. The van der Waals surface area contributed by atoms with Crippen molar-refractivity contribution in [3.63, 3.8) is 0 Å². The number of halogens is 3. The molecule has 2 fully saturated rings. The van der Waals surface area contributed by atoms with Crippen molar-refractivity contribution in [3.8, 4) is 17.3 Å². The van der Waals surface area contributed by atoms with Crippen LogP contribution in [0.3, 0.4) is 0 Å². The highest BCUT2D eigenvalue weighted by Gasteiger charge is 2.51. The average Bonchev–Trinajstić information content (AvgIpc) is 3.61. The minimum absolute atomic E-state index is 0.0285. The number of aromatic nitrogens is 3. The van der Waals surface area contributed by atoms with Gasteiger partial charge < -0.3 is 30.1 Å². The lowest BCUT2D eigenvalue weighted by molar-refractivity contribution is -0.205. The molecule has 1 aromatic heterocycles. The lowest BCUT2D eigenvalue weighted by Crippen LogP contribution is -2.62. The monoisotopic (exact) mass is 603 g/mol. The largest absolute Gasteiger partial charge is 0.394 e. The Labute approximate surface area is 244 Å². The van der Waals surface area contributed by atoms with Crippen LogP contribution in [-0.4, -0.2) is 84.5 Å². The van der Waals surface area contributed by atoms with E-state index in [0.717, 1.165) is 16.8 Å². The molecule has 0 spiro atoms. The van der Waals surface area contributed by atoms with Crippen molar-refractivity contribution >= 4 is 23.2 Å². The van der Waals surface area contributed by atoms with Crippen molar-refractivity contribution in [1.29, 1.82) is 5.26 Å². The summed E-state index contributed by atoms with van der Waals surface area (Å²) in [7, 11) is 0. The highest BCUT2D eigenvalue weighted by Crippen LogP contribution is 2.36. The maximum Gasteiger partial charge on any atom is 0.259 e. The Morgan fingerprint density at radius 1 is 1.17 bits per heavy atom. The molecule has 2 heterocycles. The smallest absolute Gasteiger partial charge is 0.259 e.